The van der Waals surface area contributed by atoms with Gasteiger partial charge in [-0.3, -0.25) is 19.7 Å². The van der Waals surface area contributed by atoms with Crippen molar-refractivity contribution in [1.82, 2.24) is 5.32 Å². The van der Waals surface area contributed by atoms with E-state index in [4.69, 9.17) is 9.47 Å². The highest BCUT2D eigenvalue weighted by molar-refractivity contribution is 6.04. The largest absolute Gasteiger partial charge is 0.486 e. The molecule has 0 fully saturated rings. The van der Waals surface area contributed by atoms with Crippen molar-refractivity contribution in [2.24, 2.45) is 0 Å². The molecule has 32 heavy (non-hydrogen) atoms. The van der Waals surface area contributed by atoms with Gasteiger partial charge < -0.3 is 20.1 Å². The molecule has 0 bridgehead atoms. The molecule has 0 radical (unpaired) electrons. The summed E-state index contributed by atoms with van der Waals surface area (Å²) < 4.78 is 11.5. The van der Waals surface area contributed by atoms with Gasteiger partial charge in [0.1, 0.15) is 12.7 Å². The smallest absolute Gasteiger partial charge is 0.269 e. The van der Waals surface area contributed by atoms with E-state index in [0.717, 1.165) is 0 Å². The first kappa shape index (κ1) is 20.9. The minimum atomic E-state index is -0.530. The van der Waals surface area contributed by atoms with Gasteiger partial charge in [-0.05, 0) is 48.5 Å². The molecular formula is C23H19N3O6. The maximum Gasteiger partial charge on any atom is 0.269 e. The summed E-state index contributed by atoms with van der Waals surface area (Å²) in [6, 6.07) is 19.0. The second kappa shape index (κ2) is 9.17. The van der Waals surface area contributed by atoms with Gasteiger partial charge in [0.05, 0.1) is 11.5 Å². The number of nitro groups is 1. The molecule has 2 amide bonds. The Bertz CT molecular complexity index is 1150. The minimum Gasteiger partial charge on any atom is -0.486 e. The van der Waals surface area contributed by atoms with Crippen LogP contribution in [0.25, 0.3) is 0 Å². The number of ether oxygens (including phenoxy) is 2. The lowest BCUT2D eigenvalue weighted by molar-refractivity contribution is -0.384. The number of non-ortho nitro benzene ring substituents is 1. The summed E-state index contributed by atoms with van der Waals surface area (Å²) in [4.78, 5) is 34.9. The average molecular weight is 433 g/mol. The fourth-order valence-corrected chi connectivity index (χ4v) is 3.11. The van der Waals surface area contributed by atoms with Crippen molar-refractivity contribution in [2.45, 2.75) is 6.10 Å². The van der Waals surface area contributed by atoms with E-state index in [1.807, 2.05) is 24.3 Å². The Morgan fingerprint density at radius 1 is 0.906 bits per heavy atom. The third-order valence-corrected chi connectivity index (χ3v) is 4.80. The fraction of sp³-hybridized carbons (Fsp3) is 0.130. The monoisotopic (exact) mass is 433 g/mol. The van der Waals surface area contributed by atoms with E-state index >= 15 is 0 Å². The van der Waals surface area contributed by atoms with E-state index in [-0.39, 0.29) is 29.8 Å². The van der Waals surface area contributed by atoms with Crippen molar-refractivity contribution in [3.63, 3.8) is 0 Å². The topological polar surface area (TPSA) is 120 Å². The van der Waals surface area contributed by atoms with Crippen LogP contribution in [0, 0.1) is 10.1 Å². The first-order chi connectivity index (χ1) is 15.5. The van der Waals surface area contributed by atoms with Crippen LogP contribution in [-0.2, 0) is 0 Å². The molecule has 0 spiro atoms. The number of carbonyl (C=O) groups excluding carboxylic acids is 2. The Labute approximate surface area is 183 Å². The zero-order chi connectivity index (χ0) is 22.5. The zero-order valence-electron chi connectivity index (χ0n) is 16.8. The van der Waals surface area contributed by atoms with Crippen LogP contribution in [-0.4, -0.2) is 36.0 Å². The van der Waals surface area contributed by atoms with E-state index < -0.39 is 10.8 Å². The SMILES string of the molecule is O=C(NC[C@@H]1COc2ccccc2O1)c1ccc(NC(=O)c2ccc([N+](=O)[O-])cc2)cc1. The highest BCUT2D eigenvalue weighted by Crippen LogP contribution is 2.30. The van der Waals surface area contributed by atoms with Crippen LogP contribution in [0.4, 0.5) is 11.4 Å². The van der Waals surface area contributed by atoms with Gasteiger partial charge in [-0.25, -0.2) is 0 Å². The lowest BCUT2D eigenvalue weighted by Crippen LogP contribution is -2.40. The summed E-state index contributed by atoms with van der Waals surface area (Å²) in [6.45, 7) is 0.622. The Morgan fingerprint density at radius 3 is 2.22 bits per heavy atom. The van der Waals surface area contributed by atoms with Crippen LogP contribution in [0.3, 0.4) is 0 Å². The number of anilines is 1. The number of nitro benzene ring substituents is 1. The molecule has 1 aliphatic rings. The molecular weight excluding hydrogens is 414 g/mol. The molecule has 2 N–H and O–H groups in total. The van der Waals surface area contributed by atoms with Gasteiger partial charge in [0.15, 0.2) is 11.5 Å². The van der Waals surface area contributed by atoms with E-state index in [9.17, 15) is 19.7 Å². The molecule has 9 nitrogen and oxygen atoms in total. The molecule has 1 aliphatic heterocycles. The predicted octanol–water partition coefficient (Wildman–Crippen LogP) is 3.42. The lowest BCUT2D eigenvalue weighted by atomic mass is 10.1. The number of nitrogens with one attached hydrogen (secondary N) is 2. The third kappa shape index (κ3) is 4.84. The number of carbonyl (C=O) groups is 2. The Balaban J connectivity index is 1.30. The van der Waals surface area contributed by atoms with Gasteiger partial charge in [-0.2, -0.15) is 0 Å². The van der Waals surface area contributed by atoms with E-state index in [1.54, 1.807) is 24.3 Å². The number of para-hydroxylation sites is 2. The number of hydrogen-bond donors (Lipinski definition) is 2. The van der Waals surface area contributed by atoms with Crippen molar-refractivity contribution in [2.75, 3.05) is 18.5 Å². The van der Waals surface area contributed by atoms with Crippen molar-refractivity contribution in [3.8, 4) is 11.5 Å². The highest BCUT2D eigenvalue weighted by atomic mass is 16.6. The lowest BCUT2D eigenvalue weighted by Gasteiger charge is -2.26. The molecule has 1 heterocycles. The number of nitrogens with zero attached hydrogens (tertiary/aromatic N) is 1. The number of rotatable bonds is 6. The van der Waals surface area contributed by atoms with Gasteiger partial charge in [0.2, 0.25) is 0 Å². The Morgan fingerprint density at radius 2 is 1.53 bits per heavy atom. The maximum absolute atomic E-state index is 12.4. The molecule has 162 valence electrons. The van der Waals surface area contributed by atoms with Crippen LogP contribution in [0.1, 0.15) is 20.7 Å². The van der Waals surface area contributed by atoms with Gasteiger partial charge >= 0.3 is 0 Å². The summed E-state index contributed by atoms with van der Waals surface area (Å²) in [5, 5.41) is 16.2. The number of hydrogen-bond acceptors (Lipinski definition) is 6. The second-order valence-electron chi connectivity index (χ2n) is 7.04. The third-order valence-electron chi connectivity index (χ3n) is 4.80. The van der Waals surface area contributed by atoms with Gasteiger partial charge in [-0.15, -0.1) is 0 Å². The molecule has 0 aliphatic carbocycles. The number of amides is 2. The van der Waals surface area contributed by atoms with Gasteiger partial charge in [0.25, 0.3) is 17.5 Å². The predicted molar refractivity (Wildman–Crippen MR) is 116 cm³/mol. The molecule has 0 saturated carbocycles. The summed E-state index contributed by atoms with van der Waals surface area (Å²) in [6.07, 6.45) is -0.297. The molecule has 4 rings (SSSR count). The summed E-state index contributed by atoms with van der Waals surface area (Å²) in [5.41, 5.74) is 1.11. The summed E-state index contributed by atoms with van der Waals surface area (Å²) >= 11 is 0. The fourth-order valence-electron chi connectivity index (χ4n) is 3.11. The average Bonchev–Trinajstić information content (AvgIpc) is 2.83. The Hall–Kier alpha value is -4.40. The maximum atomic E-state index is 12.4. The zero-order valence-corrected chi connectivity index (χ0v) is 16.8. The summed E-state index contributed by atoms with van der Waals surface area (Å²) in [7, 11) is 0. The first-order valence-electron chi connectivity index (χ1n) is 9.82. The van der Waals surface area contributed by atoms with E-state index in [2.05, 4.69) is 10.6 Å². The first-order valence-corrected chi connectivity index (χ1v) is 9.82. The van der Waals surface area contributed by atoms with Crippen LogP contribution < -0.4 is 20.1 Å². The molecule has 0 unspecified atom stereocenters. The quantitative estimate of drug-likeness (QED) is 0.454. The second-order valence-corrected chi connectivity index (χ2v) is 7.04. The highest BCUT2D eigenvalue weighted by Gasteiger charge is 2.21. The molecule has 3 aromatic carbocycles. The van der Waals surface area contributed by atoms with Crippen molar-refractivity contribution in [1.29, 1.82) is 0 Å². The Kier molecular flexibility index (Phi) is 5.98. The molecule has 0 aromatic heterocycles. The minimum absolute atomic E-state index is 0.0914. The van der Waals surface area contributed by atoms with E-state index in [1.165, 1.54) is 24.3 Å². The summed E-state index contributed by atoms with van der Waals surface area (Å²) in [5.74, 6) is 0.639. The van der Waals surface area contributed by atoms with Crippen molar-refractivity contribution < 1.29 is 24.0 Å². The van der Waals surface area contributed by atoms with Gasteiger partial charge in [-0.1, -0.05) is 12.1 Å². The number of fused-ring (bicyclic) bond motifs is 1. The normalized spacial score (nSPS) is 14.3. The van der Waals surface area contributed by atoms with Crippen LogP contribution in [0.15, 0.2) is 72.8 Å². The van der Waals surface area contributed by atoms with Gasteiger partial charge in [0, 0.05) is 28.9 Å². The van der Waals surface area contributed by atoms with Crippen molar-refractivity contribution in [3.05, 3.63) is 94.0 Å². The molecule has 9 heteroatoms. The van der Waals surface area contributed by atoms with Crippen molar-refractivity contribution >= 4 is 23.2 Å². The van der Waals surface area contributed by atoms with Crippen LogP contribution >= 0.6 is 0 Å². The number of benzene rings is 3. The molecule has 0 saturated heterocycles. The van der Waals surface area contributed by atoms with Crippen LogP contribution in [0.2, 0.25) is 0 Å². The standard InChI is InChI=1S/C23H19N3O6/c27-22(24-13-19-14-31-20-3-1-2-4-21(20)32-19)15-5-9-17(10-6-15)25-23(28)16-7-11-18(12-8-16)26(29)30/h1-12,19H,13-14H2,(H,24,27)(H,25,28)/t19-/m1/s1. The van der Waals surface area contributed by atoms with Crippen LogP contribution in [0.5, 0.6) is 11.5 Å². The van der Waals surface area contributed by atoms with E-state index in [0.29, 0.717) is 29.4 Å². The molecule has 1 atom stereocenters. The molecule has 3 aromatic rings.